The molecule has 1 atom stereocenters. The van der Waals surface area contributed by atoms with Gasteiger partial charge in [-0.05, 0) is 31.2 Å². The Kier molecular flexibility index (Phi) is 5.39. The molecule has 26 heavy (non-hydrogen) atoms. The van der Waals surface area contributed by atoms with Gasteiger partial charge in [0.25, 0.3) is 14.4 Å². The molecule has 0 aliphatic carbocycles. The van der Waals surface area contributed by atoms with Crippen LogP contribution in [0.25, 0.3) is 0 Å². The van der Waals surface area contributed by atoms with Crippen LogP contribution in [0, 0.1) is 0 Å². The van der Waals surface area contributed by atoms with Crippen LogP contribution < -0.4 is 14.9 Å². The van der Waals surface area contributed by atoms with Crippen molar-refractivity contribution in [3.05, 3.63) is 24.3 Å². The Bertz CT molecular complexity index is 882. The molecule has 0 bridgehead atoms. The highest BCUT2D eigenvalue weighted by atomic mass is 32.2. The zero-order valence-electron chi connectivity index (χ0n) is 14.3. The SMILES string of the molecule is CC(=O)Nc1nnc(S(=O)(=O)Nc2ccc(N3CCOCC3C)cc2)s1. The third-order valence-corrected chi connectivity index (χ3v) is 6.33. The van der Waals surface area contributed by atoms with Gasteiger partial charge in [0.2, 0.25) is 11.0 Å². The van der Waals surface area contributed by atoms with Gasteiger partial charge in [0.15, 0.2) is 0 Å². The Labute approximate surface area is 155 Å². The maximum absolute atomic E-state index is 12.4. The van der Waals surface area contributed by atoms with Gasteiger partial charge in [-0.2, -0.15) is 8.42 Å². The lowest BCUT2D eigenvalue weighted by Gasteiger charge is -2.35. The highest BCUT2D eigenvalue weighted by Crippen LogP contribution is 2.25. The Morgan fingerprint density at radius 3 is 2.69 bits per heavy atom. The zero-order valence-corrected chi connectivity index (χ0v) is 15.9. The van der Waals surface area contributed by atoms with Crippen LogP contribution in [0.4, 0.5) is 16.5 Å². The average Bonchev–Trinajstić information content (AvgIpc) is 3.05. The first kappa shape index (κ1) is 18.5. The third-order valence-electron chi connectivity index (χ3n) is 3.74. The number of ether oxygens (including phenoxy) is 1. The maximum Gasteiger partial charge on any atom is 0.291 e. The predicted octanol–water partition coefficient (Wildman–Crippen LogP) is 1.52. The molecule has 2 heterocycles. The first-order valence-electron chi connectivity index (χ1n) is 7.93. The van der Waals surface area contributed by atoms with E-state index in [0.717, 1.165) is 23.6 Å². The minimum Gasteiger partial charge on any atom is -0.377 e. The molecule has 2 N–H and O–H groups in total. The number of amides is 1. The number of carbonyl (C=O) groups is 1. The van der Waals surface area contributed by atoms with Gasteiger partial charge in [-0.3, -0.25) is 9.52 Å². The molecule has 1 unspecified atom stereocenters. The normalized spacial score (nSPS) is 17.8. The van der Waals surface area contributed by atoms with Gasteiger partial charge < -0.3 is 15.0 Å². The summed E-state index contributed by atoms with van der Waals surface area (Å²) < 4.78 is 32.5. The molecular formula is C15H19N5O4S2. The topological polar surface area (TPSA) is 114 Å². The number of nitrogens with zero attached hydrogens (tertiary/aromatic N) is 3. The lowest BCUT2D eigenvalue weighted by atomic mass is 10.2. The summed E-state index contributed by atoms with van der Waals surface area (Å²) in [5.41, 5.74) is 1.43. The van der Waals surface area contributed by atoms with Crippen molar-refractivity contribution in [3.8, 4) is 0 Å². The number of aromatic nitrogens is 2. The highest BCUT2D eigenvalue weighted by molar-refractivity contribution is 7.94. The smallest absolute Gasteiger partial charge is 0.291 e. The number of carbonyl (C=O) groups excluding carboxylic acids is 1. The first-order chi connectivity index (χ1) is 12.3. The summed E-state index contributed by atoms with van der Waals surface area (Å²) in [6, 6.07) is 7.39. The van der Waals surface area contributed by atoms with Crippen molar-refractivity contribution >= 4 is 43.8 Å². The lowest BCUT2D eigenvalue weighted by molar-refractivity contribution is -0.114. The highest BCUT2D eigenvalue weighted by Gasteiger charge is 2.22. The molecule has 140 valence electrons. The van der Waals surface area contributed by atoms with Gasteiger partial charge in [0.1, 0.15) is 0 Å². The van der Waals surface area contributed by atoms with E-state index in [1.807, 2.05) is 12.1 Å². The second-order valence-corrected chi connectivity index (χ2v) is 8.66. The number of benzene rings is 1. The second kappa shape index (κ2) is 7.56. The van der Waals surface area contributed by atoms with Crippen molar-refractivity contribution in [3.63, 3.8) is 0 Å². The van der Waals surface area contributed by atoms with Crippen LogP contribution in [0.3, 0.4) is 0 Å². The molecule has 1 aliphatic rings. The van der Waals surface area contributed by atoms with Gasteiger partial charge >= 0.3 is 0 Å². The van der Waals surface area contributed by atoms with Gasteiger partial charge in [0.05, 0.1) is 13.2 Å². The summed E-state index contributed by atoms with van der Waals surface area (Å²) in [4.78, 5) is 13.2. The fourth-order valence-corrected chi connectivity index (χ4v) is 4.56. The quantitative estimate of drug-likeness (QED) is 0.735. The van der Waals surface area contributed by atoms with Gasteiger partial charge in [0, 0.05) is 30.9 Å². The van der Waals surface area contributed by atoms with Crippen molar-refractivity contribution in [1.82, 2.24) is 10.2 Å². The van der Waals surface area contributed by atoms with Crippen molar-refractivity contribution in [2.24, 2.45) is 0 Å². The molecular weight excluding hydrogens is 378 g/mol. The van der Waals surface area contributed by atoms with Crippen LogP contribution in [0.5, 0.6) is 0 Å². The average molecular weight is 397 g/mol. The number of anilines is 3. The molecule has 1 aliphatic heterocycles. The molecule has 1 aromatic heterocycles. The van der Waals surface area contributed by atoms with E-state index in [1.165, 1.54) is 6.92 Å². The fourth-order valence-electron chi connectivity index (χ4n) is 2.55. The predicted molar refractivity (Wildman–Crippen MR) is 99.1 cm³/mol. The minimum absolute atomic E-state index is 0.134. The lowest BCUT2D eigenvalue weighted by Crippen LogP contribution is -2.43. The summed E-state index contributed by atoms with van der Waals surface area (Å²) in [6.07, 6.45) is 0. The van der Waals surface area contributed by atoms with Crippen LogP contribution in [0.15, 0.2) is 28.6 Å². The maximum atomic E-state index is 12.4. The van der Waals surface area contributed by atoms with Crippen LogP contribution in [0.1, 0.15) is 13.8 Å². The minimum atomic E-state index is -3.87. The number of morpholine rings is 1. The summed E-state index contributed by atoms with van der Waals surface area (Å²) in [5, 5.41) is 9.81. The number of rotatable bonds is 5. The first-order valence-corrected chi connectivity index (χ1v) is 10.2. The molecule has 1 fully saturated rings. The molecule has 9 nitrogen and oxygen atoms in total. The van der Waals surface area contributed by atoms with E-state index < -0.39 is 10.0 Å². The summed E-state index contributed by atoms with van der Waals surface area (Å²) in [5.74, 6) is -0.342. The summed E-state index contributed by atoms with van der Waals surface area (Å²) in [6.45, 7) is 5.53. The monoisotopic (exact) mass is 397 g/mol. The third kappa shape index (κ3) is 4.29. The molecule has 2 aromatic rings. The Morgan fingerprint density at radius 2 is 2.04 bits per heavy atom. The number of hydrogen-bond acceptors (Lipinski definition) is 8. The van der Waals surface area contributed by atoms with E-state index in [9.17, 15) is 13.2 Å². The van der Waals surface area contributed by atoms with Gasteiger partial charge in [-0.15, -0.1) is 10.2 Å². The molecule has 0 spiro atoms. The molecule has 1 amide bonds. The molecule has 1 saturated heterocycles. The van der Waals surface area contributed by atoms with E-state index >= 15 is 0 Å². The molecule has 11 heteroatoms. The fraction of sp³-hybridized carbons (Fsp3) is 0.400. The van der Waals surface area contributed by atoms with E-state index in [0.29, 0.717) is 18.9 Å². The molecule has 0 radical (unpaired) electrons. The Morgan fingerprint density at radius 1 is 1.31 bits per heavy atom. The standard InChI is InChI=1S/C15H19N5O4S2/c1-10-9-24-8-7-20(10)13-5-3-12(4-6-13)19-26(22,23)15-18-17-14(25-15)16-11(2)21/h3-6,10,19H,7-9H2,1-2H3,(H,16,17,21). The van der Waals surface area contributed by atoms with Crippen molar-refractivity contribution in [2.45, 2.75) is 24.2 Å². The van der Waals surface area contributed by atoms with Crippen molar-refractivity contribution < 1.29 is 17.9 Å². The summed E-state index contributed by atoms with van der Waals surface area (Å²) >= 11 is 0.787. The number of nitrogens with one attached hydrogen (secondary N) is 2. The number of hydrogen-bond donors (Lipinski definition) is 2. The van der Waals surface area contributed by atoms with Crippen LogP contribution >= 0.6 is 11.3 Å². The van der Waals surface area contributed by atoms with Crippen molar-refractivity contribution in [1.29, 1.82) is 0 Å². The van der Waals surface area contributed by atoms with Gasteiger partial charge in [-0.25, -0.2) is 0 Å². The number of sulfonamides is 1. The second-order valence-electron chi connectivity index (χ2n) is 5.82. The zero-order chi connectivity index (χ0) is 18.7. The van der Waals surface area contributed by atoms with Crippen LogP contribution in [-0.4, -0.2) is 50.3 Å². The van der Waals surface area contributed by atoms with Crippen molar-refractivity contribution in [2.75, 3.05) is 34.7 Å². The van der Waals surface area contributed by atoms with Crippen LogP contribution in [-0.2, 0) is 19.6 Å². The Hall–Kier alpha value is -2.24. The largest absolute Gasteiger partial charge is 0.377 e. The van der Waals surface area contributed by atoms with Gasteiger partial charge in [-0.1, -0.05) is 11.3 Å². The summed E-state index contributed by atoms with van der Waals surface area (Å²) in [7, 11) is -3.87. The Balaban J connectivity index is 1.71. The molecule has 3 rings (SSSR count). The van der Waals surface area contributed by atoms with Crippen LogP contribution in [0.2, 0.25) is 0 Å². The molecule has 1 aromatic carbocycles. The van der Waals surface area contributed by atoms with E-state index in [2.05, 4.69) is 32.1 Å². The van der Waals surface area contributed by atoms with E-state index in [-0.39, 0.29) is 21.4 Å². The van der Waals surface area contributed by atoms with E-state index in [4.69, 9.17) is 4.74 Å². The van der Waals surface area contributed by atoms with E-state index in [1.54, 1.807) is 12.1 Å². The molecule has 0 saturated carbocycles.